The molecule has 0 radical (unpaired) electrons. The molecule has 1 fully saturated rings. The van der Waals surface area contributed by atoms with E-state index in [1.54, 1.807) is 7.11 Å². The zero-order valence-corrected chi connectivity index (χ0v) is 13.5. The molecule has 0 saturated heterocycles. The molecule has 0 unspecified atom stereocenters. The van der Waals surface area contributed by atoms with Crippen molar-refractivity contribution < 1.29 is 4.74 Å². The third kappa shape index (κ3) is 2.77. The zero-order valence-electron chi connectivity index (χ0n) is 11.9. The Labute approximate surface area is 123 Å². The summed E-state index contributed by atoms with van der Waals surface area (Å²) in [6.07, 6.45) is 5.18. The van der Waals surface area contributed by atoms with Crippen molar-refractivity contribution in [3.8, 4) is 0 Å². The lowest BCUT2D eigenvalue weighted by molar-refractivity contribution is -0.0847. The van der Waals surface area contributed by atoms with Gasteiger partial charge < -0.3 is 10.1 Å². The van der Waals surface area contributed by atoms with Crippen LogP contribution >= 0.6 is 15.9 Å². The molecule has 19 heavy (non-hydrogen) atoms. The second-order valence-corrected chi connectivity index (χ2v) is 5.78. The van der Waals surface area contributed by atoms with Crippen LogP contribution in [-0.2, 0) is 16.8 Å². The summed E-state index contributed by atoms with van der Waals surface area (Å²) < 4.78 is 6.67. The first-order valence-electron chi connectivity index (χ1n) is 7.02. The van der Waals surface area contributed by atoms with Crippen LogP contribution in [0.1, 0.15) is 51.0 Å². The highest BCUT2D eigenvalue weighted by molar-refractivity contribution is 9.10. The van der Waals surface area contributed by atoms with Gasteiger partial charge in [-0.1, -0.05) is 13.8 Å². The average Bonchev–Trinajstić information content (AvgIpc) is 2.38. The van der Waals surface area contributed by atoms with Crippen LogP contribution in [0.5, 0.6) is 0 Å². The molecule has 0 amide bonds. The lowest BCUT2D eigenvalue weighted by Crippen LogP contribution is -2.38. The first-order valence-corrected chi connectivity index (χ1v) is 7.82. The molecule has 0 aliphatic heterocycles. The Kier molecular flexibility index (Phi) is 4.79. The number of nitrogens with zero attached hydrogens (tertiary/aromatic N) is 2. The summed E-state index contributed by atoms with van der Waals surface area (Å²) in [6, 6.07) is 0. The second-order valence-electron chi connectivity index (χ2n) is 4.99. The van der Waals surface area contributed by atoms with Crippen molar-refractivity contribution in [3.63, 3.8) is 0 Å². The van der Waals surface area contributed by atoms with E-state index in [-0.39, 0.29) is 5.60 Å². The molecule has 1 aromatic rings. The van der Waals surface area contributed by atoms with Crippen molar-refractivity contribution >= 4 is 21.7 Å². The molecule has 4 nitrogen and oxygen atoms in total. The highest BCUT2D eigenvalue weighted by Crippen LogP contribution is 2.43. The number of hydrogen-bond acceptors (Lipinski definition) is 4. The van der Waals surface area contributed by atoms with Gasteiger partial charge in [0, 0.05) is 13.7 Å². The number of ether oxygens (including phenoxy) is 1. The van der Waals surface area contributed by atoms with E-state index >= 15 is 0 Å². The van der Waals surface area contributed by atoms with Gasteiger partial charge in [-0.3, -0.25) is 0 Å². The molecule has 5 heteroatoms. The summed E-state index contributed by atoms with van der Waals surface area (Å²) in [5, 5.41) is 3.37. The van der Waals surface area contributed by atoms with Gasteiger partial charge in [-0.15, -0.1) is 0 Å². The Hall–Kier alpha value is -0.680. The van der Waals surface area contributed by atoms with E-state index < -0.39 is 0 Å². The summed E-state index contributed by atoms with van der Waals surface area (Å²) in [4.78, 5) is 9.39. The Balaban J connectivity index is 2.38. The zero-order chi connectivity index (χ0) is 13.9. The SMILES string of the molecule is CCCNc1nc(C2(OC)CCC2)nc(CC)c1Br. The molecule has 1 saturated carbocycles. The van der Waals surface area contributed by atoms with E-state index in [9.17, 15) is 0 Å². The molecule has 1 aliphatic rings. The lowest BCUT2D eigenvalue weighted by Gasteiger charge is -2.39. The molecule has 1 aliphatic carbocycles. The maximum atomic E-state index is 5.69. The highest BCUT2D eigenvalue weighted by atomic mass is 79.9. The Bertz CT molecular complexity index is 441. The maximum absolute atomic E-state index is 5.69. The quantitative estimate of drug-likeness (QED) is 0.866. The van der Waals surface area contributed by atoms with Crippen LogP contribution in [0.3, 0.4) is 0 Å². The topological polar surface area (TPSA) is 47.0 Å². The van der Waals surface area contributed by atoms with Crippen LogP contribution in [0.2, 0.25) is 0 Å². The minimum absolute atomic E-state index is 0.257. The first kappa shape index (κ1) is 14.7. The average molecular weight is 328 g/mol. The fourth-order valence-corrected chi connectivity index (χ4v) is 2.91. The molecule has 0 atom stereocenters. The van der Waals surface area contributed by atoms with E-state index in [0.29, 0.717) is 0 Å². The van der Waals surface area contributed by atoms with Gasteiger partial charge in [0.1, 0.15) is 11.4 Å². The lowest BCUT2D eigenvalue weighted by atomic mass is 9.79. The van der Waals surface area contributed by atoms with E-state index in [4.69, 9.17) is 9.72 Å². The molecule has 1 aromatic heterocycles. The van der Waals surface area contributed by atoms with Crippen LogP contribution in [0.4, 0.5) is 5.82 Å². The molecule has 0 aromatic carbocycles. The standard InChI is InChI=1S/C14H22BrN3O/c1-4-9-16-12-11(15)10(5-2)17-13(18-12)14(19-3)7-6-8-14/h4-9H2,1-3H3,(H,16,17,18). The summed E-state index contributed by atoms with van der Waals surface area (Å²) in [5.74, 6) is 1.73. The van der Waals surface area contributed by atoms with Crippen LogP contribution in [0.15, 0.2) is 4.47 Å². The Morgan fingerprint density at radius 3 is 2.53 bits per heavy atom. The van der Waals surface area contributed by atoms with Crippen molar-refractivity contribution in [1.82, 2.24) is 9.97 Å². The van der Waals surface area contributed by atoms with Gasteiger partial charge in [-0.25, -0.2) is 9.97 Å². The molecule has 1 N–H and O–H groups in total. The second kappa shape index (κ2) is 6.18. The van der Waals surface area contributed by atoms with Crippen molar-refractivity contribution in [2.75, 3.05) is 19.0 Å². The van der Waals surface area contributed by atoms with Crippen LogP contribution in [0, 0.1) is 0 Å². The minimum Gasteiger partial charge on any atom is -0.370 e. The van der Waals surface area contributed by atoms with E-state index in [2.05, 4.69) is 40.1 Å². The monoisotopic (exact) mass is 327 g/mol. The van der Waals surface area contributed by atoms with E-state index in [0.717, 1.165) is 54.0 Å². The molecular weight excluding hydrogens is 306 g/mol. The van der Waals surface area contributed by atoms with Crippen molar-refractivity contribution in [3.05, 3.63) is 16.0 Å². The molecule has 106 valence electrons. The van der Waals surface area contributed by atoms with Crippen molar-refractivity contribution in [1.29, 1.82) is 0 Å². The van der Waals surface area contributed by atoms with E-state index in [1.165, 1.54) is 6.42 Å². The summed E-state index contributed by atoms with van der Waals surface area (Å²) >= 11 is 3.61. The van der Waals surface area contributed by atoms with Crippen LogP contribution in [0.25, 0.3) is 0 Å². The fraction of sp³-hybridized carbons (Fsp3) is 0.714. The van der Waals surface area contributed by atoms with Gasteiger partial charge in [0.2, 0.25) is 0 Å². The Morgan fingerprint density at radius 1 is 1.32 bits per heavy atom. The van der Waals surface area contributed by atoms with E-state index in [1.807, 2.05) is 0 Å². The third-order valence-corrected chi connectivity index (χ3v) is 4.59. The number of halogens is 1. The summed E-state index contributed by atoms with van der Waals surface area (Å²) in [6.45, 7) is 5.17. The minimum atomic E-state index is -0.257. The Morgan fingerprint density at radius 2 is 2.05 bits per heavy atom. The maximum Gasteiger partial charge on any atom is 0.162 e. The predicted molar refractivity (Wildman–Crippen MR) is 80.4 cm³/mol. The van der Waals surface area contributed by atoms with Gasteiger partial charge in [-0.2, -0.15) is 0 Å². The van der Waals surface area contributed by atoms with Gasteiger partial charge >= 0.3 is 0 Å². The molecule has 0 spiro atoms. The van der Waals surface area contributed by atoms with Crippen molar-refractivity contribution in [2.24, 2.45) is 0 Å². The van der Waals surface area contributed by atoms with Gasteiger partial charge in [-0.05, 0) is 48.0 Å². The van der Waals surface area contributed by atoms with Gasteiger partial charge in [0.15, 0.2) is 5.82 Å². The molecule has 1 heterocycles. The predicted octanol–water partition coefficient (Wildman–Crippen LogP) is 3.65. The number of nitrogens with one attached hydrogen (secondary N) is 1. The number of rotatable bonds is 6. The molecule has 0 bridgehead atoms. The fourth-order valence-electron chi connectivity index (χ4n) is 2.31. The first-order chi connectivity index (χ1) is 9.16. The largest absolute Gasteiger partial charge is 0.370 e. The number of hydrogen-bond donors (Lipinski definition) is 1. The summed E-state index contributed by atoms with van der Waals surface area (Å²) in [7, 11) is 1.76. The molecule has 2 rings (SSSR count). The van der Waals surface area contributed by atoms with Gasteiger partial charge in [0.25, 0.3) is 0 Å². The third-order valence-electron chi connectivity index (χ3n) is 3.76. The van der Waals surface area contributed by atoms with Crippen LogP contribution in [-0.4, -0.2) is 23.6 Å². The molecular formula is C14H22BrN3O. The highest BCUT2D eigenvalue weighted by Gasteiger charge is 2.42. The number of aromatic nitrogens is 2. The number of aryl methyl sites for hydroxylation is 1. The van der Waals surface area contributed by atoms with Crippen LogP contribution < -0.4 is 5.32 Å². The summed E-state index contributed by atoms with van der Waals surface area (Å²) in [5.41, 5.74) is 0.791. The van der Waals surface area contributed by atoms with Crippen molar-refractivity contribution in [2.45, 2.75) is 51.6 Å². The number of anilines is 1. The smallest absolute Gasteiger partial charge is 0.162 e. The number of methoxy groups -OCH3 is 1. The van der Waals surface area contributed by atoms with Gasteiger partial charge in [0.05, 0.1) is 10.2 Å². The normalized spacial score (nSPS) is 17.1.